The second-order valence-corrected chi connectivity index (χ2v) is 4.62. The van der Waals surface area contributed by atoms with Crippen LogP contribution in [0.3, 0.4) is 0 Å². The van der Waals surface area contributed by atoms with Gasteiger partial charge in [0.1, 0.15) is 0 Å². The van der Waals surface area contributed by atoms with E-state index in [-0.39, 0.29) is 12.6 Å². The Balaban J connectivity index is 1.81. The molecule has 1 fully saturated rings. The molecular formula is C12H14N6O3. The number of amides is 3. The van der Waals surface area contributed by atoms with Crippen molar-refractivity contribution in [2.75, 3.05) is 31.1 Å². The van der Waals surface area contributed by atoms with E-state index in [1.807, 2.05) is 0 Å². The van der Waals surface area contributed by atoms with E-state index in [4.69, 9.17) is 0 Å². The maximum atomic E-state index is 11.5. The lowest BCUT2D eigenvalue weighted by Gasteiger charge is -2.20. The minimum atomic E-state index is -1.11. The molecule has 3 heterocycles. The molecule has 21 heavy (non-hydrogen) atoms. The molecule has 2 aromatic heterocycles. The highest BCUT2D eigenvalue weighted by Crippen LogP contribution is 2.23. The molecular weight excluding hydrogens is 276 g/mol. The van der Waals surface area contributed by atoms with Crippen LogP contribution in [-0.4, -0.2) is 63.5 Å². The van der Waals surface area contributed by atoms with Gasteiger partial charge in [0.05, 0.1) is 11.7 Å². The molecule has 0 atom stereocenters. The van der Waals surface area contributed by atoms with Crippen LogP contribution in [0.4, 0.5) is 15.4 Å². The maximum Gasteiger partial charge on any atom is 0.413 e. The summed E-state index contributed by atoms with van der Waals surface area (Å²) in [6, 6.07) is 1.53. The molecule has 2 aromatic rings. The summed E-state index contributed by atoms with van der Waals surface area (Å²) in [6.07, 6.45) is 2.05. The van der Waals surface area contributed by atoms with Crippen molar-refractivity contribution in [3.63, 3.8) is 0 Å². The van der Waals surface area contributed by atoms with E-state index in [2.05, 4.69) is 20.5 Å². The van der Waals surface area contributed by atoms with Crippen molar-refractivity contribution in [1.29, 1.82) is 0 Å². The van der Waals surface area contributed by atoms with Crippen molar-refractivity contribution in [2.45, 2.75) is 0 Å². The van der Waals surface area contributed by atoms with E-state index in [1.54, 1.807) is 23.4 Å². The van der Waals surface area contributed by atoms with Gasteiger partial charge in [-0.15, -0.1) is 0 Å². The third kappa shape index (κ3) is 2.45. The van der Waals surface area contributed by atoms with Crippen molar-refractivity contribution in [1.82, 2.24) is 25.4 Å². The average Bonchev–Trinajstić information content (AvgIpc) is 3.06. The zero-order valence-corrected chi connectivity index (χ0v) is 11.1. The summed E-state index contributed by atoms with van der Waals surface area (Å²) in [5.41, 5.74) is 0.665. The van der Waals surface area contributed by atoms with Gasteiger partial charge in [0, 0.05) is 37.8 Å². The summed E-state index contributed by atoms with van der Waals surface area (Å²) in [7, 11) is 0. The number of nitrogens with zero attached hydrogens (tertiary/aromatic N) is 4. The van der Waals surface area contributed by atoms with Crippen molar-refractivity contribution >= 4 is 28.8 Å². The topological polar surface area (TPSA) is 114 Å². The van der Waals surface area contributed by atoms with Gasteiger partial charge in [0.15, 0.2) is 5.82 Å². The first-order chi connectivity index (χ1) is 10.2. The summed E-state index contributed by atoms with van der Waals surface area (Å²) in [5, 5.41) is 19.5. The number of carbonyl (C=O) groups excluding carboxylic acids is 1. The van der Waals surface area contributed by atoms with Crippen LogP contribution < -0.4 is 10.2 Å². The van der Waals surface area contributed by atoms with E-state index in [0.717, 1.165) is 4.90 Å². The predicted octanol–water partition coefficient (Wildman–Crippen LogP) is 0.468. The largest absolute Gasteiger partial charge is 0.465 e. The number of carbonyl (C=O) groups is 2. The molecule has 0 aromatic carbocycles. The number of urea groups is 1. The number of rotatable bonds is 4. The van der Waals surface area contributed by atoms with Gasteiger partial charge in [0.2, 0.25) is 0 Å². The van der Waals surface area contributed by atoms with Crippen molar-refractivity contribution < 1.29 is 14.7 Å². The Morgan fingerprint density at radius 3 is 3.10 bits per heavy atom. The second-order valence-electron chi connectivity index (χ2n) is 4.62. The molecule has 0 saturated carbocycles. The number of hydrogen-bond acceptors (Lipinski definition) is 4. The Bertz CT molecular complexity index is 684. The summed E-state index contributed by atoms with van der Waals surface area (Å²) < 4.78 is 0. The highest BCUT2D eigenvalue weighted by molar-refractivity contribution is 5.97. The molecule has 9 heteroatoms. The first-order valence-electron chi connectivity index (χ1n) is 6.48. The zero-order valence-electron chi connectivity index (χ0n) is 11.1. The van der Waals surface area contributed by atoms with Crippen molar-refractivity contribution in [3.05, 3.63) is 18.5 Å². The highest BCUT2D eigenvalue weighted by Gasteiger charge is 2.24. The SMILES string of the molecule is O=C1NCCN1CCN(C(=O)O)c1n[nH]c2cnccc12. The zero-order chi connectivity index (χ0) is 14.8. The van der Waals surface area contributed by atoms with E-state index in [0.29, 0.717) is 36.4 Å². The Kier molecular flexibility index (Phi) is 3.30. The van der Waals surface area contributed by atoms with Gasteiger partial charge in [-0.25, -0.2) is 9.59 Å². The smallest absolute Gasteiger partial charge is 0.413 e. The van der Waals surface area contributed by atoms with Gasteiger partial charge in [-0.05, 0) is 6.07 Å². The second kappa shape index (κ2) is 5.27. The summed E-state index contributed by atoms with van der Waals surface area (Å²) in [5.74, 6) is 0.319. The molecule has 0 radical (unpaired) electrons. The third-order valence-corrected chi connectivity index (χ3v) is 3.37. The molecule has 110 valence electrons. The lowest BCUT2D eigenvalue weighted by molar-refractivity contribution is 0.198. The minimum absolute atomic E-state index is 0.158. The van der Waals surface area contributed by atoms with Crippen LogP contribution in [0.2, 0.25) is 0 Å². The van der Waals surface area contributed by atoms with Crippen LogP contribution in [0.25, 0.3) is 10.9 Å². The monoisotopic (exact) mass is 290 g/mol. The first kappa shape index (κ1) is 13.2. The van der Waals surface area contributed by atoms with Crippen LogP contribution in [0.5, 0.6) is 0 Å². The fourth-order valence-corrected chi connectivity index (χ4v) is 2.30. The maximum absolute atomic E-state index is 11.5. The number of pyridine rings is 1. The molecule has 1 saturated heterocycles. The van der Waals surface area contributed by atoms with E-state index < -0.39 is 6.09 Å². The third-order valence-electron chi connectivity index (χ3n) is 3.37. The fraction of sp³-hybridized carbons (Fsp3) is 0.333. The molecule has 3 N–H and O–H groups in total. The summed E-state index contributed by atoms with van der Waals surface area (Å²) >= 11 is 0. The van der Waals surface area contributed by atoms with E-state index in [1.165, 1.54) is 0 Å². The number of carboxylic acid groups (broad SMARTS) is 1. The Labute approximate surface area is 119 Å². The van der Waals surface area contributed by atoms with E-state index in [9.17, 15) is 14.7 Å². The van der Waals surface area contributed by atoms with E-state index >= 15 is 0 Å². The quantitative estimate of drug-likeness (QED) is 0.757. The molecule has 0 unspecified atom stereocenters. The molecule has 0 aliphatic carbocycles. The number of anilines is 1. The number of aromatic amines is 1. The van der Waals surface area contributed by atoms with Crippen LogP contribution in [0.1, 0.15) is 0 Å². The Hall–Kier alpha value is -2.84. The fourth-order valence-electron chi connectivity index (χ4n) is 2.30. The number of hydrogen-bond donors (Lipinski definition) is 3. The van der Waals surface area contributed by atoms with Crippen LogP contribution in [0.15, 0.2) is 18.5 Å². The van der Waals surface area contributed by atoms with Gasteiger partial charge < -0.3 is 15.3 Å². The Morgan fingerprint density at radius 2 is 2.38 bits per heavy atom. The van der Waals surface area contributed by atoms with Crippen molar-refractivity contribution in [2.24, 2.45) is 0 Å². The van der Waals surface area contributed by atoms with Crippen LogP contribution >= 0.6 is 0 Å². The summed E-state index contributed by atoms with van der Waals surface area (Å²) in [6.45, 7) is 1.64. The standard InChI is InChI=1S/C12H14N6O3/c19-11-14-3-4-17(11)5-6-18(12(20)21)10-8-1-2-13-7-9(8)15-16-10/h1-2,7H,3-6H2,(H,14,19)(H,15,16)(H,20,21). The number of aromatic nitrogens is 3. The van der Waals surface area contributed by atoms with Gasteiger partial charge in [-0.1, -0.05) is 0 Å². The highest BCUT2D eigenvalue weighted by atomic mass is 16.4. The molecule has 0 spiro atoms. The molecule has 1 aliphatic rings. The number of fused-ring (bicyclic) bond motifs is 1. The van der Waals surface area contributed by atoms with Gasteiger partial charge in [-0.3, -0.25) is 15.0 Å². The minimum Gasteiger partial charge on any atom is -0.465 e. The molecule has 3 rings (SSSR count). The lowest BCUT2D eigenvalue weighted by Crippen LogP contribution is -2.39. The Morgan fingerprint density at radius 1 is 1.52 bits per heavy atom. The molecule has 0 bridgehead atoms. The van der Waals surface area contributed by atoms with Gasteiger partial charge >= 0.3 is 12.1 Å². The first-order valence-corrected chi connectivity index (χ1v) is 6.48. The van der Waals surface area contributed by atoms with Crippen LogP contribution in [-0.2, 0) is 0 Å². The average molecular weight is 290 g/mol. The molecule has 3 amide bonds. The van der Waals surface area contributed by atoms with Gasteiger partial charge in [-0.2, -0.15) is 5.10 Å². The number of nitrogens with one attached hydrogen (secondary N) is 2. The van der Waals surface area contributed by atoms with Gasteiger partial charge in [0.25, 0.3) is 0 Å². The molecule has 1 aliphatic heterocycles. The number of H-pyrrole nitrogens is 1. The normalized spacial score (nSPS) is 14.5. The predicted molar refractivity (Wildman–Crippen MR) is 74.2 cm³/mol. The summed E-state index contributed by atoms with van der Waals surface area (Å²) in [4.78, 5) is 29.6. The molecule has 9 nitrogen and oxygen atoms in total. The van der Waals surface area contributed by atoms with Crippen LogP contribution in [0, 0.1) is 0 Å². The lowest BCUT2D eigenvalue weighted by atomic mass is 10.3. The van der Waals surface area contributed by atoms with Crippen molar-refractivity contribution in [3.8, 4) is 0 Å².